The lowest BCUT2D eigenvalue weighted by Crippen LogP contribution is -2.21. The second-order valence-electron chi connectivity index (χ2n) is 9.47. The average molecular weight is 579 g/mol. The van der Waals surface area contributed by atoms with Crippen LogP contribution in [0.1, 0.15) is 56.3 Å². The highest BCUT2D eigenvalue weighted by atomic mass is 32.1. The van der Waals surface area contributed by atoms with Crippen LogP contribution in [0, 0.1) is 28.8 Å². The van der Waals surface area contributed by atoms with Crippen LogP contribution in [0.15, 0.2) is 54.6 Å². The summed E-state index contributed by atoms with van der Waals surface area (Å²) in [6.45, 7) is 3.65. The number of nitriles is 1. The van der Waals surface area contributed by atoms with Gasteiger partial charge in [-0.25, -0.2) is 22.9 Å². The minimum atomic E-state index is -1.29. The summed E-state index contributed by atoms with van der Waals surface area (Å²) in [5, 5.41) is 26.1. The first-order valence-corrected chi connectivity index (χ1v) is 13.4. The molecule has 0 bridgehead atoms. The van der Waals surface area contributed by atoms with Gasteiger partial charge in [-0.05, 0) is 74.2 Å². The number of nitrogens with zero attached hydrogens (tertiary/aromatic N) is 2. The molecule has 0 atom stereocenters. The summed E-state index contributed by atoms with van der Waals surface area (Å²) in [6, 6.07) is 14.2. The van der Waals surface area contributed by atoms with E-state index in [-0.39, 0.29) is 57.9 Å². The van der Waals surface area contributed by atoms with Crippen molar-refractivity contribution in [3.05, 3.63) is 105 Å². The van der Waals surface area contributed by atoms with Crippen molar-refractivity contribution in [2.75, 3.05) is 5.32 Å². The molecule has 0 radical (unpaired) electrons. The number of aromatic carboxylic acids is 1. The van der Waals surface area contributed by atoms with Crippen LogP contribution in [0.25, 0.3) is 10.4 Å². The van der Waals surface area contributed by atoms with Crippen LogP contribution in [0.4, 0.5) is 19.0 Å². The van der Waals surface area contributed by atoms with Crippen LogP contribution in [0.5, 0.6) is 0 Å². The van der Waals surface area contributed by atoms with Gasteiger partial charge in [0.25, 0.3) is 5.91 Å². The number of carbonyl (C=O) groups is 2. The van der Waals surface area contributed by atoms with Crippen molar-refractivity contribution < 1.29 is 27.9 Å². The third kappa shape index (κ3) is 6.91. The molecule has 2 heterocycles. The molecule has 0 aliphatic carbocycles. The molecule has 0 unspecified atom stereocenters. The lowest BCUT2D eigenvalue weighted by Gasteiger charge is -2.18. The van der Waals surface area contributed by atoms with E-state index in [1.807, 2.05) is 13.8 Å². The van der Waals surface area contributed by atoms with Gasteiger partial charge in [0.2, 0.25) is 0 Å². The van der Waals surface area contributed by atoms with Crippen molar-refractivity contribution in [2.45, 2.75) is 39.3 Å². The number of aromatic nitrogens is 1. The van der Waals surface area contributed by atoms with E-state index in [1.54, 1.807) is 18.2 Å². The molecule has 210 valence electrons. The first-order chi connectivity index (χ1) is 19.6. The minimum Gasteiger partial charge on any atom is -0.478 e. The number of amides is 1. The number of nitrogens with one attached hydrogen (secondary N) is 2. The van der Waals surface area contributed by atoms with Crippen molar-refractivity contribution in [3.8, 4) is 16.5 Å². The smallest absolute Gasteiger partial charge is 0.338 e. The number of thiophene rings is 1. The average Bonchev–Trinajstić information content (AvgIpc) is 3.42. The van der Waals surface area contributed by atoms with Gasteiger partial charge >= 0.3 is 5.97 Å². The number of aryl methyl sites for hydroxylation is 2. The largest absolute Gasteiger partial charge is 0.478 e. The second kappa shape index (κ2) is 12.7. The molecule has 3 N–H and O–H groups in total. The van der Waals surface area contributed by atoms with E-state index in [2.05, 4.69) is 21.7 Å². The minimum absolute atomic E-state index is 0.0252. The summed E-state index contributed by atoms with van der Waals surface area (Å²) in [5.41, 5.74) is 1.38. The van der Waals surface area contributed by atoms with Crippen LogP contribution < -0.4 is 10.6 Å². The Labute approximate surface area is 238 Å². The van der Waals surface area contributed by atoms with Crippen molar-refractivity contribution in [1.29, 1.82) is 5.26 Å². The topological polar surface area (TPSA) is 115 Å². The number of hydrogen-bond acceptors (Lipinski definition) is 6. The molecule has 4 aromatic rings. The SMILES string of the molecule is CC(C)Nc1nc(CCc2ccc(F)cc2)c(C(=O)O)c(-c2ccc(C(=O)NCc3ccc(F)c(F)c3)s2)c1C#N. The number of rotatable bonds is 10. The Kier molecular flexibility index (Phi) is 9.04. The number of halogens is 3. The Morgan fingerprint density at radius 1 is 1.00 bits per heavy atom. The monoisotopic (exact) mass is 578 g/mol. The molecule has 2 aromatic carbocycles. The zero-order valence-corrected chi connectivity index (χ0v) is 22.9. The fourth-order valence-electron chi connectivity index (χ4n) is 4.21. The summed E-state index contributed by atoms with van der Waals surface area (Å²) in [4.78, 5) is 30.5. The van der Waals surface area contributed by atoms with E-state index in [0.717, 1.165) is 29.0 Å². The third-order valence-electron chi connectivity index (χ3n) is 6.10. The summed E-state index contributed by atoms with van der Waals surface area (Å²) >= 11 is 0.991. The van der Waals surface area contributed by atoms with Gasteiger partial charge in [-0.15, -0.1) is 11.3 Å². The molecule has 0 spiro atoms. The number of carbonyl (C=O) groups excluding carboxylic acids is 1. The second-order valence-corrected chi connectivity index (χ2v) is 10.6. The van der Waals surface area contributed by atoms with Crippen molar-refractivity contribution in [3.63, 3.8) is 0 Å². The number of hydrogen-bond donors (Lipinski definition) is 3. The van der Waals surface area contributed by atoms with Gasteiger partial charge < -0.3 is 15.7 Å². The predicted octanol–water partition coefficient (Wildman–Crippen LogP) is 6.33. The number of carboxylic acids is 1. The Balaban J connectivity index is 1.71. The van der Waals surface area contributed by atoms with Gasteiger partial charge in [0, 0.05) is 23.0 Å². The van der Waals surface area contributed by atoms with Gasteiger partial charge in [-0.2, -0.15) is 5.26 Å². The first-order valence-electron chi connectivity index (χ1n) is 12.6. The van der Waals surface area contributed by atoms with Crippen LogP contribution in [-0.2, 0) is 19.4 Å². The van der Waals surface area contributed by atoms with E-state index >= 15 is 0 Å². The number of carboxylic acid groups (broad SMARTS) is 1. The number of anilines is 1. The van der Waals surface area contributed by atoms with E-state index in [1.165, 1.54) is 24.3 Å². The Morgan fingerprint density at radius 3 is 2.34 bits per heavy atom. The Morgan fingerprint density at radius 2 is 1.71 bits per heavy atom. The summed E-state index contributed by atoms with van der Waals surface area (Å²) in [5.74, 6) is -3.98. The fraction of sp³-hybridized carbons (Fsp3) is 0.200. The van der Waals surface area contributed by atoms with Crippen molar-refractivity contribution >= 4 is 29.0 Å². The van der Waals surface area contributed by atoms with E-state index in [4.69, 9.17) is 0 Å². The van der Waals surface area contributed by atoms with E-state index in [0.29, 0.717) is 16.9 Å². The van der Waals surface area contributed by atoms with Crippen molar-refractivity contribution in [2.24, 2.45) is 0 Å². The third-order valence-corrected chi connectivity index (χ3v) is 7.20. The van der Waals surface area contributed by atoms with Crippen molar-refractivity contribution in [1.82, 2.24) is 10.3 Å². The molecule has 2 aromatic heterocycles. The zero-order chi connectivity index (χ0) is 29.7. The van der Waals surface area contributed by atoms with Crippen LogP contribution in [-0.4, -0.2) is 28.0 Å². The molecule has 41 heavy (non-hydrogen) atoms. The highest BCUT2D eigenvalue weighted by Gasteiger charge is 2.27. The lowest BCUT2D eigenvalue weighted by atomic mass is 9.95. The number of benzene rings is 2. The fourth-order valence-corrected chi connectivity index (χ4v) is 5.19. The zero-order valence-electron chi connectivity index (χ0n) is 22.1. The van der Waals surface area contributed by atoms with Gasteiger partial charge in [0.1, 0.15) is 23.3 Å². The molecule has 0 aliphatic rings. The maximum Gasteiger partial charge on any atom is 0.338 e. The van der Waals surface area contributed by atoms with E-state index in [9.17, 15) is 33.1 Å². The van der Waals surface area contributed by atoms with Crippen LogP contribution in [0.3, 0.4) is 0 Å². The first kappa shape index (κ1) is 29.3. The van der Waals surface area contributed by atoms with Gasteiger partial charge in [0.05, 0.1) is 16.1 Å². The highest BCUT2D eigenvalue weighted by Crippen LogP contribution is 2.38. The quantitative estimate of drug-likeness (QED) is 0.203. The predicted molar refractivity (Wildman–Crippen MR) is 149 cm³/mol. The molecule has 7 nitrogen and oxygen atoms in total. The Bertz CT molecular complexity index is 1650. The van der Waals surface area contributed by atoms with Crippen LogP contribution in [0.2, 0.25) is 0 Å². The molecular formula is C30H25F3N4O3S. The van der Waals surface area contributed by atoms with E-state index < -0.39 is 23.5 Å². The molecule has 1 amide bonds. The highest BCUT2D eigenvalue weighted by molar-refractivity contribution is 7.17. The summed E-state index contributed by atoms with van der Waals surface area (Å²) in [7, 11) is 0. The molecule has 0 aliphatic heterocycles. The molecule has 0 saturated carbocycles. The van der Waals surface area contributed by atoms with Crippen LogP contribution >= 0.6 is 11.3 Å². The molecule has 0 saturated heterocycles. The molecule has 0 fully saturated rings. The molecule has 4 rings (SSSR count). The number of pyridine rings is 1. The van der Waals surface area contributed by atoms with Gasteiger partial charge in [-0.3, -0.25) is 4.79 Å². The summed E-state index contributed by atoms with van der Waals surface area (Å²) in [6.07, 6.45) is 0.577. The standard InChI is InChI=1S/C30H25F3N4O3S/c1-16(2)36-28-20(14-34)26(27(30(39)40)23(37-28)10-6-17-3-7-19(31)8-4-17)24-11-12-25(41-24)29(38)35-15-18-5-9-21(32)22(33)13-18/h3-5,7-9,11-13,16H,6,10,15H2,1-2H3,(H,35,38)(H,36,37)(H,39,40). The maximum atomic E-state index is 13.5. The molecular weight excluding hydrogens is 553 g/mol. The summed E-state index contributed by atoms with van der Waals surface area (Å²) < 4.78 is 40.1. The van der Waals surface area contributed by atoms with Gasteiger partial charge in [0.15, 0.2) is 11.6 Å². The Hall–Kier alpha value is -4.69. The maximum absolute atomic E-state index is 13.5. The van der Waals surface area contributed by atoms with Gasteiger partial charge in [-0.1, -0.05) is 18.2 Å². The lowest BCUT2D eigenvalue weighted by molar-refractivity contribution is 0.0695. The molecule has 11 heteroatoms. The normalized spacial score (nSPS) is 10.9.